The lowest BCUT2D eigenvalue weighted by molar-refractivity contribution is -0.137. The van der Waals surface area contributed by atoms with Crippen LogP contribution in [0.15, 0.2) is 42.5 Å². The second-order valence-corrected chi connectivity index (χ2v) is 11.0. The molecule has 0 fully saturated rings. The van der Waals surface area contributed by atoms with E-state index in [9.17, 15) is 26.4 Å². The van der Waals surface area contributed by atoms with E-state index in [1.807, 2.05) is 13.8 Å². The fourth-order valence-corrected chi connectivity index (χ4v) is 5.76. The average molecular weight is 509 g/mol. The summed E-state index contributed by atoms with van der Waals surface area (Å²) in [4.78, 5) is 12.9. The number of halogens is 3. The van der Waals surface area contributed by atoms with Crippen molar-refractivity contribution in [2.75, 3.05) is 22.4 Å². The van der Waals surface area contributed by atoms with E-state index in [0.717, 1.165) is 17.7 Å². The number of ether oxygens (including phenoxy) is 1. The van der Waals surface area contributed by atoms with Crippen LogP contribution in [0.5, 0.6) is 5.75 Å². The van der Waals surface area contributed by atoms with Gasteiger partial charge in [-0.05, 0) is 54.7 Å². The van der Waals surface area contributed by atoms with Crippen LogP contribution in [-0.2, 0) is 27.4 Å². The van der Waals surface area contributed by atoms with Crippen LogP contribution in [-0.4, -0.2) is 32.7 Å². The zero-order valence-electron chi connectivity index (χ0n) is 19.7. The first-order valence-corrected chi connectivity index (χ1v) is 13.0. The van der Waals surface area contributed by atoms with Gasteiger partial charge < -0.3 is 10.1 Å². The first-order chi connectivity index (χ1) is 16.4. The highest BCUT2D eigenvalue weighted by Crippen LogP contribution is 2.45. The number of nitrogens with zero attached hydrogens (tertiary/aromatic N) is 1. The molecule has 0 saturated carbocycles. The molecule has 2 aromatic rings. The Morgan fingerprint density at radius 3 is 2.54 bits per heavy atom. The Morgan fingerprint density at radius 1 is 1.17 bits per heavy atom. The molecule has 10 heteroatoms. The Kier molecular flexibility index (Phi) is 6.37. The summed E-state index contributed by atoms with van der Waals surface area (Å²) in [5.74, 6) is -0.327. The maximum absolute atomic E-state index is 13.3. The highest BCUT2D eigenvalue weighted by molar-refractivity contribution is 7.92. The number of aryl methyl sites for hydroxylation is 1. The fraction of sp³-hybridized carbons (Fsp3) is 0.400. The molecule has 6 nitrogen and oxygen atoms in total. The summed E-state index contributed by atoms with van der Waals surface area (Å²) in [6, 6.07) is 8.41. The molecule has 0 spiro atoms. The Labute approximate surface area is 202 Å². The van der Waals surface area contributed by atoms with Crippen LogP contribution in [0.4, 0.5) is 24.5 Å². The van der Waals surface area contributed by atoms with Crippen molar-refractivity contribution in [2.24, 2.45) is 0 Å². The van der Waals surface area contributed by atoms with Crippen molar-refractivity contribution >= 4 is 32.9 Å². The zero-order chi connectivity index (χ0) is 25.6. The topological polar surface area (TPSA) is 75.7 Å². The van der Waals surface area contributed by atoms with Gasteiger partial charge >= 0.3 is 6.18 Å². The van der Waals surface area contributed by atoms with E-state index >= 15 is 0 Å². The summed E-state index contributed by atoms with van der Waals surface area (Å²) in [5.41, 5.74) is 1.30. The highest BCUT2D eigenvalue weighted by Gasteiger charge is 2.38. The van der Waals surface area contributed by atoms with Gasteiger partial charge in [-0.1, -0.05) is 26.0 Å². The fourth-order valence-electron chi connectivity index (χ4n) is 4.54. The van der Waals surface area contributed by atoms with Crippen LogP contribution in [0, 0.1) is 0 Å². The molecule has 1 amide bonds. The number of hydrogen-bond donors (Lipinski definition) is 1. The average Bonchev–Trinajstić information content (AvgIpc) is 2.80. The van der Waals surface area contributed by atoms with E-state index in [0.29, 0.717) is 48.2 Å². The van der Waals surface area contributed by atoms with Gasteiger partial charge in [0.25, 0.3) is 0 Å². The van der Waals surface area contributed by atoms with Crippen molar-refractivity contribution < 1.29 is 31.1 Å². The summed E-state index contributed by atoms with van der Waals surface area (Å²) in [5, 5.41) is 2.76. The van der Waals surface area contributed by atoms with Crippen molar-refractivity contribution in [1.82, 2.24) is 0 Å². The number of carbonyl (C=O) groups excluding carboxylic acids is 1. The number of anilines is 2. The molecule has 4 rings (SSSR count). The van der Waals surface area contributed by atoms with Gasteiger partial charge in [-0.2, -0.15) is 13.2 Å². The van der Waals surface area contributed by atoms with E-state index in [1.54, 1.807) is 18.2 Å². The molecule has 35 heavy (non-hydrogen) atoms. The number of carbonyl (C=O) groups is 1. The third-order valence-electron chi connectivity index (χ3n) is 6.83. The number of nitrogens with one attached hydrogen (secondary N) is 1. The van der Waals surface area contributed by atoms with Gasteiger partial charge in [0.1, 0.15) is 11.4 Å². The summed E-state index contributed by atoms with van der Waals surface area (Å²) < 4.78 is 71.5. The predicted octanol–water partition coefficient (Wildman–Crippen LogP) is 5.39. The van der Waals surface area contributed by atoms with E-state index in [2.05, 4.69) is 5.32 Å². The first kappa shape index (κ1) is 25.1. The standard InChI is InChI=1S/C25H27F3N2O4S/c1-4-24(5-2)15-17(20-9-7-18(25(26,27)28)13-22(20)34-24)12-23(31)29-19-8-6-16-10-11-35(32,33)30(3)21(16)14-19/h6-9,12-14H,4-5,10-11,15H2,1-3H3,(H,29,31). The number of sulfonamides is 1. The third-order valence-corrected chi connectivity index (χ3v) is 8.58. The van der Waals surface area contributed by atoms with Crippen LogP contribution in [0.2, 0.25) is 0 Å². The molecule has 0 radical (unpaired) electrons. The van der Waals surface area contributed by atoms with Crippen molar-refractivity contribution in [3.8, 4) is 5.75 Å². The van der Waals surface area contributed by atoms with Gasteiger partial charge in [-0.3, -0.25) is 9.10 Å². The lowest BCUT2D eigenvalue weighted by Crippen LogP contribution is -2.38. The third kappa shape index (κ3) is 4.89. The van der Waals surface area contributed by atoms with Crippen LogP contribution in [0.1, 0.15) is 49.8 Å². The molecule has 2 aliphatic heterocycles. The molecule has 2 aromatic carbocycles. The van der Waals surface area contributed by atoms with Crippen molar-refractivity contribution in [2.45, 2.75) is 51.3 Å². The minimum atomic E-state index is -4.51. The smallest absolute Gasteiger partial charge is 0.416 e. The van der Waals surface area contributed by atoms with E-state index in [1.165, 1.54) is 23.5 Å². The number of rotatable bonds is 4. The number of alkyl halides is 3. The van der Waals surface area contributed by atoms with Crippen molar-refractivity contribution in [3.63, 3.8) is 0 Å². The summed E-state index contributed by atoms with van der Waals surface area (Å²) in [6.45, 7) is 3.80. The van der Waals surface area contributed by atoms with Gasteiger partial charge in [0.2, 0.25) is 15.9 Å². The lowest BCUT2D eigenvalue weighted by Gasteiger charge is -2.39. The normalized spacial score (nSPS) is 19.5. The van der Waals surface area contributed by atoms with Crippen LogP contribution >= 0.6 is 0 Å². The molecule has 0 aromatic heterocycles. The van der Waals surface area contributed by atoms with E-state index in [-0.39, 0.29) is 11.5 Å². The molecule has 0 aliphatic carbocycles. The zero-order valence-corrected chi connectivity index (χ0v) is 20.5. The van der Waals surface area contributed by atoms with Gasteiger partial charge in [0.05, 0.1) is 17.0 Å². The monoisotopic (exact) mass is 508 g/mol. The molecule has 2 aliphatic rings. The minimum Gasteiger partial charge on any atom is -0.486 e. The molecule has 188 valence electrons. The second kappa shape index (κ2) is 8.89. The first-order valence-electron chi connectivity index (χ1n) is 11.4. The highest BCUT2D eigenvalue weighted by atomic mass is 32.2. The van der Waals surface area contributed by atoms with Crippen molar-refractivity contribution in [1.29, 1.82) is 0 Å². The Bertz CT molecular complexity index is 1300. The SMILES string of the molecule is CCC1(CC)CC(=CC(=O)Nc2ccc3c(c2)N(C)S(=O)(=O)CC3)c2ccc(C(F)(F)F)cc2O1. The van der Waals surface area contributed by atoms with E-state index in [4.69, 9.17) is 4.74 Å². The minimum absolute atomic E-state index is 0.0302. The molecule has 0 bridgehead atoms. The summed E-state index contributed by atoms with van der Waals surface area (Å²) in [6.07, 6.45) is -1.24. The maximum atomic E-state index is 13.3. The van der Waals surface area contributed by atoms with Crippen molar-refractivity contribution in [3.05, 3.63) is 59.2 Å². The van der Waals surface area contributed by atoms with Gasteiger partial charge in [-0.15, -0.1) is 0 Å². The van der Waals surface area contributed by atoms with Gasteiger partial charge in [0, 0.05) is 30.8 Å². The van der Waals surface area contributed by atoms with E-state index < -0.39 is 33.3 Å². The molecule has 0 saturated heterocycles. The maximum Gasteiger partial charge on any atom is 0.416 e. The molecule has 1 N–H and O–H groups in total. The van der Waals surface area contributed by atoms with Gasteiger partial charge in [-0.25, -0.2) is 8.42 Å². The second-order valence-electron chi connectivity index (χ2n) is 8.91. The predicted molar refractivity (Wildman–Crippen MR) is 129 cm³/mol. The van der Waals surface area contributed by atoms with Crippen LogP contribution in [0.25, 0.3) is 5.57 Å². The molecule has 0 atom stereocenters. The van der Waals surface area contributed by atoms with Crippen LogP contribution < -0.4 is 14.4 Å². The number of benzene rings is 2. The van der Waals surface area contributed by atoms with Gasteiger partial charge in [0.15, 0.2) is 0 Å². The molecule has 2 heterocycles. The summed E-state index contributed by atoms with van der Waals surface area (Å²) in [7, 11) is -1.92. The number of amides is 1. The largest absolute Gasteiger partial charge is 0.486 e. The Balaban J connectivity index is 1.66. The van der Waals surface area contributed by atoms with Crippen LogP contribution in [0.3, 0.4) is 0 Å². The molecular weight excluding hydrogens is 481 g/mol. The molecular formula is C25H27F3N2O4S. The lowest BCUT2D eigenvalue weighted by atomic mass is 9.83. The number of fused-ring (bicyclic) bond motifs is 2. The number of hydrogen-bond acceptors (Lipinski definition) is 4. The quantitative estimate of drug-likeness (QED) is 0.562. The Hall–Kier alpha value is -3.01. The Morgan fingerprint density at radius 2 is 1.89 bits per heavy atom. The summed E-state index contributed by atoms with van der Waals surface area (Å²) >= 11 is 0. The molecule has 0 unspecified atom stereocenters.